The molecule has 0 radical (unpaired) electrons. The van der Waals surface area contributed by atoms with Gasteiger partial charge in [0, 0.05) is 9.79 Å². The van der Waals surface area contributed by atoms with Gasteiger partial charge < -0.3 is 5.11 Å². The number of para-hydroxylation sites is 1. The number of phenolic OH excluding ortho intramolecular Hbond substituents is 1. The topological polar surface area (TPSA) is 20.2 Å². The number of hydrogen-bond acceptors (Lipinski definition) is 2. The first kappa shape index (κ1) is 14.2. The molecule has 0 unspecified atom stereocenters. The van der Waals surface area contributed by atoms with Gasteiger partial charge in [-0.05, 0) is 36.4 Å². The molecule has 0 aliphatic carbocycles. The molecule has 0 fully saturated rings. The summed E-state index contributed by atoms with van der Waals surface area (Å²) in [4.78, 5) is 2.57. The van der Waals surface area contributed by atoms with Crippen LogP contribution in [-0.4, -0.2) is 5.11 Å². The van der Waals surface area contributed by atoms with Gasteiger partial charge in [0.15, 0.2) is 0 Å². The lowest BCUT2D eigenvalue weighted by atomic mass is 10.3. The van der Waals surface area contributed by atoms with E-state index < -0.39 is 0 Å². The van der Waals surface area contributed by atoms with Crippen LogP contribution >= 0.6 is 11.8 Å². The largest absolute Gasteiger partial charge is 0.508 e. The predicted molar refractivity (Wildman–Crippen MR) is 85.1 cm³/mol. The van der Waals surface area contributed by atoms with Crippen molar-refractivity contribution in [3.8, 4) is 5.75 Å². The van der Waals surface area contributed by atoms with E-state index in [1.165, 1.54) is 9.79 Å². The Morgan fingerprint density at radius 1 is 0.500 bits per heavy atom. The van der Waals surface area contributed by atoms with Crippen LogP contribution in [-0.2, 0) is 0 Å². The van der Waals surface area contributed by atoms with E-state index in [0.29, 0.717) is 5.75 Å². The van der Waals surface area contributed by atoms with Gasteiger partial charge >= 0.3 is 0 Å². The fraction of sp³-hybridized carbons (Fsp3) is 0. The first-order chi connectivity index (χ1) is 9.84. The standard InChI is InChI=1S/C12H10S.C6H6O/c1-3-7-11(8-4-1)13-12-9-5-2-6-10-12;7-6-4-2-1-3-5-6/h1-10H;1-5,7H. The van der Waals surface area contributed by atoms with Gasteiger partial charge in [0.25, 0.3) is 0 Å². The summed E-state index contributed by atoms with van der Waals surface area (Å²) in [5.41, 5.74) is 0. The Morgan fingerprint density at radius 2 is 0.850 bits per heavy atom. The van der Waals surface area contributed by atoms with Gasteiger partial charge in [0.1, 0.15) is 5.75 Å². The van der Waals surface area contributed by atoms with Crippen molar-refractivity contribution in [3.63, 3.8) is 0 Å². The van der Waals surface area contributed by atoms with Crippen LogP contribution in [0.5, 0.6) is 5.75 Å². The highest BCUT2D eigenvalue weighted by atomic mass is 32.2. The molecule has 0 atom stereocenters. The van der Waals surface area contributed by atoms with E-state index in [4.69, 9.17) is 5.11 Å². The number of phenols is 1. The lowest BCUT2D eigenvalue weighted by molar-refractivity contribution is 0.475. The molecule has 0 amide bonds. The lowest BCUT2D eigenvalue weighted by Gasteiger charge is -1.99. The summed E-state index contributed by atoms with van der Waals surface area (Å²) in [7, 11) is 0. The van der Waals surface area contributed by atoms with Gasteiger partial charge in [-0.3, -0.25) is 0 Å². The minimum atomic E-state index is 0.322. The first-order valence-electron chi connectivity index (χ1n) is 6.36. The second-order valence-corrected chi connectivity index (χ2v) is 5.21. The van der Waals surface area contributed by atoms with Gasteiger partial charge in [0.05, 0.1) is 0 Å². The van der Waals surface area contributed by atoms with Gasteiger partial charge in [-0.25, -0.2) is 0 Å². The SMILES string of the molecule is Oc1ccccc1.c1ccc(Sc2ccccc2)cc1. The third kappa shape index (κ3) is 5.21. The van der Waals surface area contributed by atoms with Crippen LogP contribution in [0.25, 0.3) is 0 Å². The molecule has 3 aromatic carbocycles. The molecule has 1 N–H and O–H groups in total. The van der Waals surface area contributed by atoms with E-state index >= 15 is 0 Å². The molecule has 0 heterocycles. The fourth-order valence-corrected chi connectivity index (χ4v) is 2.40. The highest BCUT2D eigenvalue weighted by Gasteiger charge is 1.93. The van der Waals surface area contributed by atoms with Crippen molar-refractivity contribution in [2.24, 2.45) is 0 Å². The van der Waals surface area contributed by atoms with E-state index in [2.05, 4.69) is 48.5 Å². The Hall–Kier alpha value is -2.19. The summed E-state index contributed by atoms with van der Waals surface area (Å²) in [5.74, 6) is 0.322. The van der Waals surface area contributed by atoms with E-state index in [-0.39, 0.29) is 0 Å². The van der Waals surface area contributed by atoms with Crippen molar-refractivity contribution in [1.82, 2.24) is 0 Å². The maximum atomic E-state index is 8.63. The van der Waals surface area contributed by atoms with E-state index in [1.54, 1.807) is 36.0 Å². The van der Waals surface area contributed by atoms with Crippen molar-refractivity contribution in [1.29, 1.82) is 0 Å². The monoisotopic (exact) mass is 280 g/mol. The van der Waals surface area contributed by atoms with Crippen molar-refractivity contribution in [3.05, 3.63) is 91.0 Å². The van der Waals surface area contributed by atoms with E-state index in [1.807, 2.05) is 18.2 Å². The van der Waals surface area contributed by atoms with Crippen molar-refractivity contribution < 1.29 is 5.11 Å². The maximum Gasteiger partial charge on any atom is 0.115 e. The molecule has 20 heavy (non-hydrogen) atoms. The Labute approximate surface area is 123 Å². The first-order valence-corrected chi connectivity index (χ1v) is 7.18. The Morgan fingerprint density at radius 3 is 1.15 bits per heavy atom. The maximum absolute atomic E-state index is 8.63. The molecule has 100 valence electrons. The Kier molecular flexibility index (Phi) is 5.74. The van der Waals surface area contributed by atoms with Crippen LogP contribution in [0, 0.1) is 0 Å². The summed E-state index contributed by atoms with van der Waals surface area (Å²) in [5, 5.41) is 8.63. The van der Waals surface area contributed by atoms with Crippen molar-refractivity contribution >= 4 is 11.8 Å². The molecule has 2 heteroatoms. The zero-order valence-electron chi connectivity index (χ0n) is 11.0. The second-order valence-electron chi connectivity index (χ2n) is 4.06. The van der Waals surface area contributed by atoms with Crippen LogP contribution in [0.2, 0.25) is 0 Å². The average Bonchev–Trinajstić information content (AvgIpc) is 2.51. The summed E-state index contributed by atoms with van der Waals surface area (Å²) in [6.07, 6.45) is 0. The van der Waals surface area contributed by atoms with Gasteiger partial charge in [-0.15, -0.1) is 0 Å². The highest BCUT2D eigenvalue weighted by Crippen LogP contribution is 2.26. The summed E-state index contributed by atoms with van der Waals surface area (Å²) in [6, 6.07) is 29.5. The molecule has 0 spiro atoms. The Bertz CT molecular complexity index is 557. The lowest BCUT2D eigenvalue weighted by Crippen LogP contribution is -1.70. The van der Waals surface area contributed by atoms with Crippen LogP contribution in [0.4, 0.5) is 0 Å². The minimum Gasteiger partial charge on any atom is -0.508 e. The predicted octanol–water partition coefficient (Wildman–Crippen LogP) is 5.23. The second kappa shape index (κ2) is 8.08. The van der Waals surface area contributed by atoms with Crippen LogP contribution in [0.1, 0.15) is 0 Å². The normalized spacial score (nSPS) is 9.40. The molecular formula is C18H16OS. The number of hydrogen-bond donors (Lipinski definition) is 1. The Balaban J connectivity index is 0.000000178. The molecule has 0 aliphatic rings. The molecule has 0 saturated heterocycles. The third-order valence-electron chi connectivity index (χ3n) is 2.48. The molecule has 1 nitrogen and oxygen atoms in total. The van der Waals surface area contributed by atoms with Crippen LogP contribution in [0.3, 0.4) is 0 Å². The summed E-state index contributed by atoms with van der Waals surface area (Å²) < 4.78 is 0. The van der Waals surface area contributed by atoms with Gasteiger partial charge in [0.2, 0.25) is 0 Å². The fourth-order valence-electron chi connectivity index (χ4n) is 1.54. The van der Waals surface area contributed by atoms with Crippen molar-refractivity contribution in [2.45, 2.75) is 9.79 Å². The van der Waals surface area contributed by atoms with Crippen molar-refractivity contribution in [2.75, 3.05) is 0 Å². The molecule has 0 aromatic heterocycles. The number of aromatic hydroxyl groups is 1. The quantitative estimate of drug-likeness (QED) is 0.693. The third-order valence-corrected chi connectivity index (χ3v) is 3.49. The minimum absolute atomic E-state index is 0.322. The summed E-state index contributed by atoms with van der Waals surface area (Å²) in [6.45, 7) is 0. The van der Waals surface area contributed by atoms with Crippen LogP contribution < -0.4 is 0 Å². The molecule has 0 aliphatic heterocycles. The van der Waals surface area contributed by atoms with Gasteiger partial charge in [-0.1, -0.05) is 66.4 Å². The zero-order valence-corrected chi connectivity index (χ0v) is 11.8. The van der Waals surface area contributed by atoms with E-state index in [9.17, 15) is 0 Å². The molecule has 3 aromatic rings. The number of benzene rings is 3. The smallest absolute Gasteiger partial charge is 0.115 e. The number of rotatable bonds is 2. The molecule has 3 rings (SSSR count). The van der Waals surface area contributed by atoms with E-state index in [0.717, 1.165) is 0 Å². The highest BCUT2D eigenvalue weighted by molar-refractivity contribution is 7.99. The molecular weight excluding hydrogens is 264 g/mol. The average molecular weight is 280 g/mol. The van der Waals surface area contributed by atoms with Crippen LogP contribution in [0.15, 0.2) is 101 Å². The zero-order chi connectivity index (χ0) is 14.0. The van der Waals surface area contributed by atoms with Gasteiger partial charge in [-0.2, -0.15) is 0 Å². The molecule has 0 bridgehead atoms. The summed E-state index contributed by atoms with van der Waals surface area (Å²) >= 11 is 1.79. The molecule has 0 saturated carbocycles.